The number of hydrogen-bond acceptors (Lipinski definition) is 9. The van der Waals surface area contributed by atoms with Gasteiger partial charge in [-0.05, 0) is 31.5 Å². The van der Waals surface area contributed by atoms with Crippen LogP contribution in [0.25, 0.3) is 16.8 Å². The fourth-order valence-corrected chi connectivity index (χ4v) is 3.96. The summed E-state index contributed by atoms with van der Waals surface area (Å²) in [6.45, 7) is 4.33. The highest BCUT2D eigenvalue weighted by molar-refractivity contribution is 5.86. The summed E-state index contributed by atoms with van der Waals surface area (Å²) >= 11 is 0. The van der Waals surface area contributed by atoms with Crippen molar-refractivity contribution in [3.8, 4) is 11.3 Å². The summed E-state index contributed by atoms with van der Waals surface area (Å²) in [7, 11) is 3.27. The summed E-state index contributed by atoms with van der Waals surface area (Å²) in [5, 5.41) is 15.5. The van der Waals surface area contributed by atoms with E-state index in [0.29, 0.717) is 42.5 Å². The minimum atomic E-state index is -1.03. The van der Waals surface area contributed by atoms with Gasteiger partial charge in [0.05, 0.1) is 24.0 Å². The molecule has 0 radical (unpaired) electrons. The number of hydrogen-bond donors (Lipinski definition) is 2. The average molecular weight is 442 g/mol. The lowest BCUT2D eigenvalue weighted by Crippen LogP contribution is -2.48. The molecule has 0 aliphatic carbocycles. The molecule has 0 spiro atoms. The zero-order valence-electron chi connectivity index (χ0n) is 18.5. The van der Waals surface area contributed by atoms with Crippen LogP contribution in [-0.2, 0) is 4.74 Å². The number of nitrogens with two attached hydrogens (primary N) is 1. The molecular weight excluding hydrogens is 413 g/mol. The molecule has 32 heavy (non-hydrogen) atoms. The Morgan fingerprint density at radius 2 is 2.16 bits per heavy atom. The number of alkyl halides is 1. The monoisotopic (exact) mass is 441 g/mol. The standard InChI is InChI=1S/C21H28FN9O/c1-13-16(28-24-2)4-5-17(25-13)14-6-9-31-19(14)20(23)27-21(29-31)26-18-7-8-30(10-11-32-3)12-15(18)22/h4-6,9,15,18H,7-8,10-12H2,1-3H3,(H3,23,26,27,29). The maximum atomic E-state index is 14.7. The van der Waals surface area contributed by atoms with E-state index in [1.165, 1.54) is 0 Å². The number of anilines is 2. The number of pyridine rings is 1. The van der Waals surface area contributed by atoms with Crippen molar-refractivity contribution < 1.29 is 9.13 Å². The Hall–Kier alpha value is -3.18. The second-order valence-electron chi connectivity index (χ2n) is 7.79. The number of likely N-dealkylation sites (tertiary alicyclic amines) is 1. The molecule has 3 aromatic heterocycles. The maximum Gasteiger partial charge on any atom is 0.243 e. The number of piperidine rings is 1. The van der Waals surface area contributed by atoms with Crippen molar-refractivity contribution in [1.29, 1.82) is 0 Å². The lowest BCUT2D eigenvalue weighted by atomic mass is 10.0. The van der Waals surface area contributed by atoms with E-state index in [1.807, 2.05) is 25.1 Å². The molecular formula is C21H28FN9O. The van der Waals surface area contributed by atoms with E-state index in [-0.39, 0.29) is 6.04 Å². The molecule has 1 fully saturated rings. The summed E-state index contributed by atoms with van der Waals surface area (Å²) in [5.41, 5.74) is 9.96. The molecule has 4 heterocycles. The van der Waals surface area contributed by atoms with Crippen molar-refractivity contribution in [2.75, 3.05) is 51.4 Å². The molecule has 1 saturated heterocycles. The number of aryl methyl sites for hydroxylation is 1. The molecule has 0 bridgehead atoms. The van der Waals surface area contributed by atoms with Crippen LogP contribution >= 0.6 is 0 Å². The van der Waals surface area contributed by atoms with Crippen LogP contribution in [0.15, 0.2) is 34.6 Å². The quantitative estimate of drug-likeness (QED) is 0.541. The molecule has 2 unspecified atom stereocenters. The Labute approximate surface area is 185 Å². The molecule has 10 nitrogen and oxygen atoms in total. The third kappa shape index (κ3) is 4.53. The zero-order valence-corrected chi connectivity index (χ0v) is 18.5. The van der Waals surface area contributed by atoms with E-state index < -0.39 is 6.17 Å². The molecule has 0 amide bonds. The zero-order chi connectivity index (χ0) is 22.7. The summed E-state index contributed by atoms with van der Waals surface area (Å²) in [5.74, 6) is 0.602. The van der Waals surface area contributed by atoms with Gasteiger partial charge in [-0.25, -0.2) is 8.91 Å². The Morgan fingerprint density at radius 1 is 1.31 bits per heavy atom. The van der Waals surface area contributed by atoms with Gasteiger partial charge in [-0.3, -0.25) is 9.88 Å². The molecule has 1 aliphatic heterocycles. The van der Waals surface area contributed by atoms with Gasteiger partial charge < -0.3 is 15.8 Å². The Bertz CT molecular complexity index is 1120. The Kier molecular flexibility index (Phi) is 6.56. The molecule has 0 aromatic carbocycles. The third-order valence-corrected chi connectivity index (χ3v) is 5.63. The predicted molar refractivity (Wildman–Crippen MR) is 121 cm³/mol. The minimum Gasteiger partial charge on any atom is -0.383 e. The molecule has 0 saturated carbocycles. The van der Waals surface area contributed by atoms with Crippen LogP contribution in [0.1, 0.15) is 12.1 Å². The molecule has 170 valence electrons. The van der Waals surface area contributed by atoms with E-state index in [2.05, 4.69) is 35.5 Å². The van der Waals surface area contributed by atoms with E-state index in [4.69, 9.17) is 10.5 Å². The number of fused-ring (bicyclic) bond motifs is 1. The van der Waals surface area contributed by atoms with Gasteiger partial charge in [0.25, 0.3) is 0 Å². The van der Waals surface area contributed by atoms with Crippen LogP contribution in [0.3, 0.4) is 0 Å². The number of nitrogen functional groups attached to an aromatic ring is 1. The average Bonchev–Trinajstić information content (AvgIpc) is 3.20. The summed E-state index contributed by atoms with van der Waals surface area (Å²) in [6, 6.07) is 5.24. The lowest BCUT2D eigenvalue weighted by Gasteiger charge is -2.34. The van der Waals surface area contributed by atoms with Gasteiger partial charge in [-0.1, -0.05) is 0 Å². The Balaban J connectivity index is 1.54. The second-order valence-corrected chi connectivity index (χ2v) is 7.79. The molecule has 11 heteroatoms. The number of nitrogens with zero attached hydrogens (tertiary/aromatic N) is 7. The van der Waals surface area contributed by atoms with Gasteiger partial charge in [-0.15, -0.1) is 5.10 Å². The fourth-order valence-electron chi connectivity index (χ4n) is 3.96. The molecule has 4 rings (SSSR count). The number of rotatable bonds is 7. The highest BCUT2D eigenvalue weighted by atomic mass is 19.1. The molecule has 1 aliphatic rings. The second kappa shape index (κ2) is 9.53. The maximum absolute atomic E-state index is 14.7. The van der Waals surface area contributed by atoms with Crippen LogP contribution in [0.2, 0.25) is 0 Å². The SMILES string of the molecule is CN=Nc1ccc(-c2ccn3nc(NC4CCN(CCOC)CC4F)nc(N)c23)nc1C. The molecule has 3 N–H and O–H groups in total. The normalized spacial score (nSPS) is 19.8. The lowest BCUT2D eigenvalue weighted by molar-refractivity contribution is 0.0918. The number of methoxy groups -OCH3 is 1. The van der Waals surface area contributed by atoms with Crippen LogP contribution < -0.4 is 11.1 Å². The fraction of sp³-hybridized carbons (Fsp3) is 0.476. The number of ether oxygens (including phenoxy) is 1. The van der Waals surface area contributed by atoms with Crippen LogP contribution in [-0.4, -0.2) is 77.1 Å². The van der Waals surface area contributed by atoms with Crippen molar-refractivity contribution in [2.24, 2.45) is 10.2 Å². The number of halogens is 1. The first-order chi connectivity index (χ1) is 15.5. The van der Waals surface area contributed by atoms with Crippen LogP contribution in [0.4, 0.5) is 21.8 Å². The summed E-state index contributed by atoms with van der Waals surface area (Å²) in [6.07, 6.45) is 1.41. The smallest absolute Gasteiger partial charge is 0.243 e. The highest BCUT2D eigenvalue weighted by Gasteiger charge is 2.29. The topological polar surface area (TPSA) is 118 Å². The predicted octanol–water partition coefficient (Wildman–Crippen LogP) is 2.87. The van der Waals surface area contributed by atoms with Gasteiger partial charge in [-0.2, -0.15) is 15.2 Å². The van der Waals surface area contributed by atoms with Gasteiger partial charge in [0, 0.05) is 45.6 Å². The van der Waals surface area contributed by atoms with E-state index in [0.717, 1.165) is 30.0 Å². The number of nitrogens with one attached hydrogen (secondary N) is 1. The molecule has 3 aromatic rings. The van der Waals surface area contributed by atoms with Crippen LogP contribution in [0.5, 0.6) is 0 Å². The van der Waals surface area contributed by atoms with Crippen molar-refractivity contribution in [3.05, 3.63) is 30.1 Å². The number of aromatic nitrogens is 4. The van der Waals surface area contributed by atoms with Crippen LogP contribution in [0, 0.1) is 6.92 Å². The van der Waals surface area contributed by atoms with Crippen molar-refractivity contribution >= 4 is 23.0 Å². The van der Waals surface area contributed by atoms with Gasteiger partial charge in [0.2, 0.25) is 5.95 Å². The summed E-state index contributed by atoms with van der Waals surface area (Å²) in [4.78, 5) is 11.1. The van der Waals surface area contributed by atoms with Crippen molar-refractivity contribution in [1.82, 2.24) is 24.5 Å². The van der Waals surface area contributed by atoms with E-state index >= 15 is 0 Å². The minimum absolute atomic E-state index is 0.298. The van der Waals surface area contributed by atoms with Gasteiger partial charge in [0.15, 0.2) is 5.82 Å². The van der Waals surface area contributed by atoms with E-state index in [1.54, 1.807) is 24.9 Å². The number of azo groups is 1. The highest BCUT2D eigenvalue weighted by Crippen LogP contribution is 2.30. The van der Waals surface area contributed by atoms with Gasteiger partial charge in [0.1, 0.15) is 17.4 Å². The largest absolute Gasteiger partial charge is 0.383 e. The first-order valence-corrected chi connectivity index (χ1v) is 10.5. The van der Waals surface area contributed by atoms with E-state index in [9.17, 15) is 4.39 Å². The first-order valence-electron chi connectivity index (χ1n) is 10.5. The van der Waals surface area contributed by atoms with Gasteiger partial charge >= 0.3 is 0 Å². The first kappa shape index (κ1) is 22.0. The van der Waals surface area contributed by atoms with Crippen molar-refractivity contribution in [2.45, 2.75) is 25.6 Å². The molecule has 2 atom stereocenters. The Morgan fingerprint density at radius 3 is 2.88 bits per heavy atom. The summed E-state index contributed by atoms with van der Waals surface area (Å²) < 4.78 is 21.4. The third-order valence-electron chi connectivity index (χ3n) is 5.63. The van der Waals surface area contributed by atoms with Crippen molar-refractivity contribution in [3.63, 3.8) is 0 Å².